The average molecular weight is 200 g/mol. The van der Waals surface area contributed by atoms with Crippen LogP contribution in [0.4, 0.5) is 0 Å². The minimum atomic E-state index is 0.650. The maximum absolute atomic E-state index is 5.12. The van der Waals surface area contributed by atoms with Gasteiger partial charge in [-0.1, -0.05) is 6.92 Å². The molecule has 0 aromatic carbocycles. The Morgan fingerprint density at radius 3 is 3.07 bits per heavy atom. The predicted molar refractivity (Wildman–Crippen MR) is 59.6 cm³/mol. The Hall–Kier alpha value is -0.120. The first-order valence-corrected chi connectivity index (χ1v) is 5.67. The lowest BCUT2D eigenvalue weighted by Gasteiger charge is -2.28. The van der Waals surface area contributed by atoms with Gasteiger partial charge in [0.15, 0.2) is 0 Å². The first-order valence-electron chi connectivity index (χ1n) is 5.67. The van der Waals surface area contributed by atoms with Gasteiger partial charge >= 0.3 is 0 Å². The van der Waals surface area contributed by atoms with Crippen LogP contribution in [-0.2, 0) is 4.74 Å². The van der Waals surface area contributed by atoms with E-state index < -0.39 is 0 Å². The SMILES string of the molecule is COCCC(C)N1CCNCC(C)C1. The van der Waals surface area contributed by atoms with E-state index in [4.69, 9.17) is 4.74 Å². The summed E-state index contributed by atoms with van der Waals surface area (Å²) >= 11 is 0. The Bertz CT molecular complexity index is 152. The van der Waals surface area contributed by atoms with Crippen LogP contribution in [0.1, 0.15) is 20.3 Å². The number of hydrogen-bond donors (Lipinski definition) is 1. The van der Waals surface area contributed by atoms with Gasteiger partial charge < -0.3 is 10.1 Å². The second-order valence-electron chi connectivity index (χ2n) is 4.43. The van der Waals surface area contributed by atoms with Gasteiger partial charge in [0.05, 0.1) is 0 Å². The van der Waals surface area contributed by atoms with Gasteiger partial charge in [-0.15, -0.1) is 0 Å². The second-order valence-corrected chi connectivity index (χ2v) is 4.43. The number of methoxy groups -OCH3 is 1. The van der Waals surface area contributed by atoms with Crippen LogP contribution < -0.4 is 5.32 Å². The summed E-state index contributed by atoms with van der Waals surface area (Å²) in [6.07, 6.45) is 1.14. The van der Waals surface area contributed by atoms with Crippen LogP contribution in [0.25, 0.3) is 0 Å². The van der Waals surface area contributed by atoms with E-state index in [9.17, 15) is 0 Å². The Labute approximate surface area is 87.8 Å². The number of nitrogens with one attached hydrogen (secondary N) is 1. The number of nitrogens with zero attached hydrogens (tertiary/aromatic N) is 1. The van der Waals surface area contributed by atoms with Gasteiger partial charge in [-0.05, 0) is 25.8 Å². The molecule has 1 aliphatic heterocycles. The molecule has 0 saturated carbocycles. The molecular weight excluding hydrogens is 176 g/mol. The first-order chi connectivity index (χ1) is 6.74. The Morgan fingerprint density at radius 1 is 1.57 bits per heavy atom. The van der Waals surface area contributed by atoms with Crippen molar-refractivity contribution in [2.24, 2.45) is 5.92 Å². The minimum absolute atomic E-state index is 0.650. The van der Waals surface area contributed by atoms with Gasteiger partial charge in [0, 0.05) is 39.4 Å². The minimum Gasteiger partial charge on any atom is -0.385 e. The lowest BCUT2D eigenvalue weighted by Crippen LogP contribution is -2.37. The van der Waals surface area contributed by atoms with Crippen molar-refractivity contribution in [1.82, 2.24) is 10.2 Å². The highest BCUT2D eigenvalue weighted by atomic mass is 16.5. The number of rotatable bonds is 4. The zero-order chi connectivity index (χ0) is 10.4. The zero-order valence-corrected chi connectivity index (χ0v) is 9.75. The van der Waals surface area contributed by atoms with Crippen LogP contribution >= 0.6 is 0 Å². The van der Waals surface area contributed by atoms with Crippen molar-refractivity contribution in [3.05, 3.63) is 0 Å². The molecule has 0 amide bonds. The molecule has 2 unspecified atom stereocenters. The maximum Gasteiger partial charge on any atom is 0.0477 e. The topological polar surface area (TPSA) is 24.5 Å². The molecule has 0 aromatic heterocycles. The molecule has 1 saturated heterocycles. The monoisotopic (exact) mass is 200 g/mol. The smallest absolute Gasteiger partial charge is 0.0477 e. The molecule has 3 heteroatoms. The van der Waals surface area contributed by atoms with Crippen molar-refractivity contribution in [3.63, 3.8) is 0 Å². The van der Waals surface area contributed by atoms with Gasteiger partial charge in [0.1, 0.15) is 0 Å². The normalized spacial score (nSPS) is 27.2. The highest BCUT2D eigenvalue weighted by Gasteiger charge is 2.18. The molecule has 0 spiro atoms. The van der Waals surface area contributed by atoms with E-state index in [1.807, 2.05) is 0 Å². The van der Waals surface area contributed by atoms with E-state index in [1.165, 1.54) is 13.1 Å². The number of hydrogen-bond acceptors (Lipinski definition) is 3. The standard InChI is InChI=1S/C11H24N2O/c1-10-8-12-5-6-13(9-10)11(2)4-7-14-3/h10-12H,4-9H2,1-3H3. The molecule has 0 radical (unpaired) electrons. The van der Waals surface area contributed by atoms with Crippen LogP contribution in [0, 0.1) is 5.92 Å². The molecule has 1 heterocycles. The van der Waals surface area contributed by atoms with E-state index in [0.29, 0.717) is 6.04 Å². The summed E-state index contributed by atoms with van der Waals surface area (Å²) in [7, 11) is 1.78. The Kier molecular flexibility index (Phi) is 5.45. The van der Waals surface area contributed by atoms with Gasteiger partial charge in [0.2, 0.25) is 0 Å². The largest absolute Gasteiger partial charge is 0.385 e. The second kappa shape index (κ2) is 6.38. The molecule has 1 aliphatic rings. The van der Waals surface area contributed by atoms with Crippen LogP contribution in [-0.4, -0.2) is 50.8 Å². The summed E-state index contributed by atoms with van der Waals surface area (Å²) in [4.78, 5) is 2.57. The zero-order valence-electron chi connectivity index (χ0n) is 9.75. The summed E-state index contributed by atoms with van der Waals surface area (Å²) in [5, 5.41) is 3.47. The molecule has 1 rings (SSSR count). The quantitative estimate of drug-likeness (QED) is 0.731. The molecule has 1 N–H and O–H groups in total. The Morgan fingerprint density at radius 2 is 2.36 bits per heavy atom. The van der Waals surface area contributed by atoms with Gasteiger partial charge in [-0.3, -0.25) is 4.90 Å². The molecule has 0 bridgehead atoms. The van der Waals surface area contributed by atoms with Gasteiger partial charge in [-0.2, -0.15) is 0 Å². The molecule has 2 atom stereocenters. The highest BCUT2D eigenvalue weighted by molar-refractivity contribution is 4.75. The van der Waals surface area contributed by atoms with Crippen LogP contribution in [0.3, 0.4) is 0 Å². The third-order valence-corrected chi connectivity index (χ3v) is 2.98. The molecule has 1 fully saturated rings. The molecular formula is C11H24N2O. The summed E-state index contributed by atoms with van der Waals surface area (Å²) < 4.78 is 5.12. The Balaban J connectivity index is 2.32. The maximum atomic E-state index is 5.12. The van der Waals surface area contributed by atoms with Crippen molar-refractivity contribution in [2.75, 3.05) is 39.9 Å². The third kappa shape index (κ3) is 3.95. The third-order valence-electron chi connectivity index (χ3n) is 2.98. The van der Waals surface area contributed by atoms with Gasteiger partial charge in [0.25, 0.3) is 0 Å². The fourth-order valence-electron chi connectivity index (χ4n) is 2.00. The summed E-state index contributed by atoms with van der Waals surface area (Å²) in [6, 6.07) is 0.650. The fourth-order valence-corrected chi connectivity index (χ4v) is 2.00. The van der Waals surface area contributed by atoms with Crippen molar-refractivity contribution in [2.45, 2.75) is 26.3 Å². The summed E-state index contributed by atoms with van der Waals surface area (Å²) in [5.41, 5.74) is 0. The van der Waals surface area contributed by atoms with Gasteiger partial charge in [-0.25, -0.2) is 0 Å². The van der Waals surface area contributed by atoms with Crippen LogP contribution in [0.2, 0.25) is 0 Å². The molecule has 0 aliphatic carbocycles. The van der Waals surface area contributed by atoms with Crippen molar-refractivity contribution < 1.29 is 4.74 Å². The lowest BCUT2D eigenvalue weighted by atomic mass is 10.1. The fraction of sp³-hybridized carbons (Fsp3) is 1.00. The molecule has 3 nitrogen and oxygen atoms in total. The van der Waals surface area contributed by atoms with Crippen molar-refractivity contribution in [3.8, 4) is 0 Å². The van der Waals surface area contributed by atoms with E-state index >= 15 is 0 Å². The average Bonchev–Trinajstić information content (AvgIpc) is 2.39. The van der Waals surface area contributed by atoms with Crippen molar-refractivity contribution in [1.29, 1.82) is 0 Å². The summed E-state index contributed by atoms with van der Waals surface area (Å²) in [5.74, 6) is 0.766. The van der Waals surface area contributed by atoms with E-state index in [-0.39, 0.29) is 0 Å². The number of ether oxygens (including phenoxy) is 1. The summed E-state index contributed by atoms with van der Waals surface area (Å²) in [6.45, 7) is 10.2. The van der Waals surface area contributed by atoms with E-state index in [0.717, 1.165) is 32.0 Å². The lowest BCUT2D eigenvalue weighted by molar-refractivity contribution is 0.135. The van der Waals surface area contributed by atoms with E-state index in [2.05, 4.69) is 24.1 Å². The van der Waals surface area contributed by atoms with E-state index in [1.54, 1.807) is 7.11 Å². The van der Waals surface area contributed by atoms with Crippen LogP contribution in [0.15, 0.2) is 0 Å². The van der Waals surface area contributed by atoms with Crippen molar-refractivity contribution >= 4 is 0 Å². The predicted octanol–water partition coefficient (Wildman–Crippen LogP) is 0.953. The molecule has 84 valence electrons. The van der Waals surface area contributed by atoms with Crippen LogP contribution in [0.5, 0.6) is 0 Å². The molecule has 14 heavy (non-hydrogen) atoms. The first kappa shape index (κ1) is 12.0. The molecule has 0 aromatic rings. The highest BCUT2D eigenvalue weighted by Crippen LogP contribution is 2.09.